The van der Waals surface area contributed by atoms with Gasteiger partial charge in [0.15, 0.2) is 5.65 Å². The summed E-state index contributed by atoms with van der Waals surface area (Å²) in [6.07, 6.45) is -1.46. The molecule has 0 aliphatic heterocycles. The number of aromatic amines is 1. The number of H-pyrrole nitrogens is 1. The number of fused-ring (bicyclic) bond motifs is 1. The molecule has 0 aromatic carbocycles. The Kier molecular flexibility index (Phi) is 6.27. The van der Waals surface area contributed by atoms with Gasteiger partial charge in [0.05, 0.1) is 28.7 Å². The molecule has 4 aromatic heterocycles. The average Bonchev–Trinajstić information content (AvgIpc) is 3.40. The van der Waals surface area contributed by atoms with Crippen LogP contribution in [0.2, 0.25) is 5.02 Å². The number of anilines is 1. The number of amides is 2. The molecule has 170 valence electrons. The minimum absolute atomic E-state index is 0.0187. The van der Waals surface area contributed by atoms with Crippen molar-refractivity contribution in [2.24, 2.45) is 0 Å². The fourth-order valence-corrected chi connectivity index (χ4v) is 4.05. The lowest BCUT2D eigenvalue weighted by molar-refractivity contribution is -0.137. The second kappa shape index (κ2) is 8.99. The number of pyridine rings is 1. The molecular formula is C17H9BrClF3N8O2S. The van der Waals surface area contributed by atoms with Gasteiger partial charge in [-0.25, -0.2) is 19.9 Å². The largest absolute Gasteiger partial charge is 0.418 e. The number of halogens is 5. The SMILES string of the molecule is O=C(Nc1cc(C(F)(F)F)c(Cl)cn1)c1cnc(CNC(=O)c2ncnc3n[nH]c(Br)c23)s1. The molecule has 16 heteroatoms. The first-order valence-electron chi connectivity index (χ1n) is 8.75. The lowest BCUT2D eigenvalue weighted by Crippen LogP contribution is -2.24. The topological polar surface area (TPSA) is 138 Å². The molecule has 33 heavy (non-hydrogen) atoms. The fourth-order valence-electron chi connectivity index (χ4n) is 2.63. The number of hydrogen-bond acceptors (Lipinski definition) is 8. The van der Waals surface area contributed by atoms with Gasteiger partial charge in [0.25, 0.3) is 11.8 Å². The van der Waals surface area contributed by atoms with Crippen LogP contribution in [0.5, 0.6) is 0 Å². The molecule has 0 fully saturated rings. The van der Waals surface area contributed by atoms with E-state index in [-0.39, 0.29) is 22.9 Å². The van der Waals surface area contributed by atoms with Crippen molar-refractivity contribution in [2.45, 2.75) is 12.7 Å². The van der Waals surface area contributed by atoms with Crippen molar-refractivity contribution >= 4 is 67.5 Å². The molecule has 0 bridgehead atoms. The Balaban J connectivity index is 1.42. The van der Waals surface area contributed by atoms with Crippen molar-refractivity contribution in [2.75, 3.05) is 5.32 Å². The fraction of sp³-hybridized carbons (Fsp3) is 0.118. The van der Waals surface area contributed by atoms with E-state index in [0.29, 0.717) is 26.7 Å². The smallest absolute Gasteiger partial charge is 0.344 e. The van der Waals surface area contributed by atoms with Gasteiger partial charge in [-0.1, -0.05) is 11.6 Å². The highest BCUT2D eigenvalue weighted by Gasteiger charge is 2.34. The first-order chi connectivity index (χ1) is 15.6. The van der Waals surface area contributed by atoms with E-state index in [0.717, 1.165) is 17.5 Å². The van der Waals surface area contributed by atoms with Crippen LogP contribution in [0.1, 0.15) is 30.7 Å². The summed E-state index contributed by atoms with van der Waals surface area (Å²) >= 11 is 9.71. The number of carbonyl (C=O) groups is 2. The van der Waals surface area contributed by atoms with Crippen molar-refractivity contribution in [1.29, 1.82) is 0 Å². The molecular weight excluding hydrogens is 553 g/mol. The zero-order chi connectivity index (χ0) is 23.8. The van der Waals surface area contributed by atoms with E-state index in [1.807, 2.05) is 0 Å². The zero-order valence-electron chi connectivity index (χ0n) is 15.9. The van der Waals surface area contributed by atoms with E-state index >= 15 is 0 Å². The van der Waals surface area contributed by atoms with Gasteiger partial charge in [-0.3, -0.25) is 14.7 Å². The first-order valence-corrected chi connectivity index (χ1v) is 10.7. The van der Waals surface area contributed by atoms with E-state index < -0.39 is 28.6 Å². The second-order valence-corrected chi connectivity index (χ2v) is 8.58. The van der Waals surface area contributed by atoms with Crippen molar-refractivity contribution < 1.29 is 22.8 Å². The molecule has 2 amide bonds. The maximum Gasteiger partial charge on any atom is 0.418 e. The Labute approximate surface area is 199 Å². The number of nitrogens with zero attached hydrogens (tertiary/aromatic N) is 5. The Bertz CT molecular complexity index is 1380. The Morgan fingerprint density at radius 3 is 2.70 bits per heavy atom. The number of rotatable bonds is 5. The summed E-state index contributed by atoms with van der Waals surface area (Å²) in [6.45, 7) is -0.0187. The highest BCUT2D eigenvalue weighted by Crippen LogP contribution is 2.35. The van der Waals surface area contributed by atoms with E-state index in [2.05, 4.69) is 56.7 Å². The maximum atomic E-state index is 13.0. The molecule has 0 radical (unpaired) electrons. The van der Waals surface area contributed by atoms with Gasteiger partial charge in [-0.2, -0.15) is 18.3 Å². The van der Waals surface area contributed by atoms with Gasteiger partial charge in [0.2, 0.25) is 0 Å². The summed E-state index contributed by atoms with van der Waals surface area (Å²) in [6, 6.07) is 0.638. The number of alkyl halides is 3. The van der Waals surface area contributed by atoms with Crippen LogP contribution in [0.25, 0.3) is 11.0 Å². The van der Waals surface area contributed by atoms with Gasteiger partial charge >= 0.3 is 6.18 Å². The van der Waals surface area contributed by atoms with Crippen LogP contribution in [0.4, 0.5) is 19.0 Å². The molecule has 4 heterocycles. The van der Waals surface area contributed by atoms with Gasteiger partial charge in [-0.05, 0) is 22.0 Å². The Morgan fingerprint density at radius 1 is 1.15 bits per heavy atom. The molecule has 0 unspecified atom stereocenters. The Morgan fingerprint density at radius 2 is 1.94 bits per heavy atom. The van der Waals surface area contributed by atoms with Crippen molar-refractivity contribution in [1.82, 2.24) is 35.5 Å². The molecule has 0 saturated carbocycles. The minimum atomic E-state index is -4.70. The second-order valence-electron chi connectivity index (χ2n) is 6.26. The summed E-state index contributed by atoms with van der Waals surface area (Å²) in [5.74, 6) is -1.55. The van der Waals surface area contributed by atoms with Crippen LogP contribution in [0, 0.1) is 0 Å². The minimum Gasteiger partial charge on any atom is -0.344 e. The third kappa shape index (κ3) is 4.94. The summed E-state index contributed by atoms with van der Waals surface area (Å²) < 4.78 is 39.4. The van der Waals surface area contributed by atoms with Gasteiger partial charge < -0.3 is 10.6 Å². The monoisotopic (exact) mass is 560 g/mol. The highest BCUT2D eigenvalue weighted by atomic mass is 79.9. The predicted molar refractivity (Wildman–Crippen MR) is 115 cm³/mol. The Hall–Kier alpha value is -3.17. The van der Waals surface area contributed by atoms with Crippen molar-refractivity contribution in [3.8, 4) is 0 Å². The maximum absolute atomic E-state index is 13.0. The quantitative estimate of drug-likeness (QED) is 0.337. The first kappa shape index (κ1) is 23.0. The van der Waals surface area contributed by atoms with E-state index in [9.17, 15) is 22.8 Å². The highest BCUT2D eigenvalue weighted by molar-refractivity contribution is 9.10. The van der Waals surface area contributed by atoms with Crippen LogP contribution in [-0.2, 0) is 12.7 Å². The molecule has 0 saturated heterocycles. The van der Waals surface area contributed by atoms with Crippen molar-refractivity contribution in [3.05, 3.63) is 55.6 Å². The van der Waals surface area contributed by atoms with Crippen LogP contribution in [0.3, 0.4) is 0 Å². The number of carbonyl (C=O) groups excluding carboxylic acids is 2. The molecule has 4 aromatic rings. The van der Waals surface area contributed by atoms with E-state index in [1.165, 1.54) is 12.5 Å². The van der Waals surface area contributed by atoms with E-state index in [4.69, 9.17) is 11.6 Å². The standard InChI is InChI=1S/C17H9BrClF3N8O2S/c18-13-11-12(26-5-27-14(11)30-29-13)16(32)25-4-10-24-3-8(33-10)15(31)28-9-1-6(17(20,21)22)7(19)2-23-9/h1-3,5H,4H2,(H,25,32)(H,23,28,31)(H,26,27,29,30). The molecule has 0 atom stereocenters. The van der Waals surface area contributed by atoms with Crippen molar-refractivity contribution in [3.63, 3.8) is 0 Å². The van der Waals surface area contributed by atoms with Crippen LogP contribution in [0.15, 0.2) is 29.4 Å². The lowest BCUT2D eigenvalue weighted by Gasteiger charge is -2.10. The average molecular weight is 562 g/mol. The third-order valence-electron chi connectivity index (χ3n) is 4.10. The van der Waals surface area contributed by atoms with Crippen LogP contribution >= 0.6 is 38.9 Å². The molecule has 10 nitrogen and oxygen atoms in total. The third-order valence-corrected chi connectivity index (χ3v) is 5.97. The normalized spacial score (nSPS) is 11.5. The predicted octanol–water partition coefficient (Wildman–Crippen LogP) is 3.82. The molecule has 3 N–H and O–H groups in total. The van der Waals surface area contributed by atoms with Gasteiger partial charge in [0, 0.05) is 6.20 Å². The molecule has 4 rings (SSSR count). The molecule has 0 aliphatic carbocycles. The van der Waals surface area contributed by atoms with Crippen LogP contribution in [-0.4, -0.2) is 41.9 Å². The summed E-state index contributed by atoms with van der Waals surface area (Å²) in [5, 5.41) is 11.7. The zero-order valence-corrected chi connectivity index (χ0v) is 19.0. The number of nitrogens with one attached hydrogen (secondary N) is 3. The summed E-state index contributed by atoms with van der Waals surface area (Å²) in [4.78, 5) is 40.7. The molecule has 0 spiro atoms. The number of aromatic nitrogens is 6. The van der Waals surface area contributed by atoms with E-state index in [1.54, 1.807) is 0 Å². The summed E-state index contributed by atoms with van der Waals surface area (Å²) in [7, 11) is 0. The van der Waals surface area contributed by atoms with Crippen LogP contribution < -0.4 is 10.6 Å². The summed E-state index contributed by atoms with van der Waals surface area (Å²) in [5.41, 5.74) is -0.727. The van der Waals surface area contributed by atoms with Gasteiger partial charge in [0.1, 0.15) is 32.3 Å². The number of thiazole rings is 1. The van der Waals surface area contributed by atoms with Gasteiger partial charge in [-0.15, -0.1) is 11.3 Å². The number of hydrogen-bond donors (Lipinski definition) is 3. The molecule has 0 aliphatic rings. The lowest BCUT2D eigenvalue weighted by atomic mass is 10.2.